The fourth-order valence-corrected chi connectivity index (χ4v) is 3.49. The van der Waals surface area contributed by atoms with Gasteiger partial charge in [-0.25, -0.2) is 4.39 Å². The van der Waals surface area contributed by atoms with Crippen molar-refractivity contribution in [1.29, 1.82) is 0 Å². The van der Waals surface area contributed by atoms with Gasteiger partial charge in [-0.15, -0.1) is 0 Å². The Bertz CT molecular complexity index is 889. The Morgan fingerprint density at radius 1 is 1.26 bits per heavy atom. The summed E-state index contributed by atoms with van der Waals surface area (Å²) in [5.41, 5.74) is 2.22. The number of nitrogens with one attached hydrogen (secondary N) is 1. The van der Waals surface area contributed by atoms with Gasteiger partial charge in [0.15, 0.2) is 5.76 Å². The number of carbonyl (C=O) groups is 1. The first-order valence-corrected chi connectivity index (χ1v) is 9.00. The number of amides is 1. The van der Waals surface area contributed by atoms with Crippen LogP contribution in [-0.2, 0) is 13.1 Å². The van der Waals surface area contributed by atoms with E-state index in [0.29, 0.717) is 12.3 Å². The first kappa shape index (κ1) is 17.5. The SMILES string of the molecule is O=C(NCC[C@H]1CN(Cc2ccc(F)cc2)Cc2ccnn21)c1ccco1. The van der Waals surface area contributed by atoms with Crippen LogP contribution in [0.1, 0.15) is 34.3 Å². The summed E-state index contributed by atoms with van der Waals surface area (Å²) in [5, 5.41) is 7.34. The van der Waals surface area contributed by atoms with Crippen LogP contribution in [0.3, 0.4) is 0 Å². The molecular weight excluding hydrogens is 347 g/mol. The van der Waals surface area contributed by atoms with Crippen molar-refractivity contribution in [2.75, 3.05) is 13.1 Å². The summed E-state index contributed by atoms with van der Waals surface area (Å²) in [4.78, 5) is 14.3. The number of fused-ring (bicyclic) bond motifs is 1. The molecule has 1 N–H and O–H groups in total. The first-order chi connectivity index (χ1) is 13.2. The van der Waals surface area contributed by atoms with Crippen LogP contribution in [-0.4, -0.2) is 33.7 Å². The highest BCUT2D eigenvalue weighted by Crippen LogP contribution is 2.24. The number of rotatable bonds is 6. The van der Waals surface area contributed by atoms with Crippen molar-refractivity contribution in [3.8, 4) is 0 Å². The summed E-state index contributed by atoms with van der Waals surface area (Å²) in [7, 11) is 0. The molecule has 1 amide bonds. The number of hydrogen-bond donors (Lipinski definition) is 1. The summed E-state index contributed by atoms with van der Waals surface area (Å²) in [5.74, 6) is -0.114. The van der Waals surface area contributed by atoms with E-state index >= 15 is 0 Å². The molecule has 0 unspecified atom stereocenters. The highest BCUT2D eigenvalue weighted by molar-refractivity contribution is 5.91. The fourth-order valence-electron chi connectivity index (χ4n) is 3.49. The summed E-state index contributed by atoms with van der Waals surface area (Å²) in [6.45, 7) is 2.91. The second-order valence-corrected chi connectivity index (χ2v) is 6.74. The van der Waals surface area contributed by atoms with Gasteiger partial charge in [0.05, 0.1) is 18.0 Å². The number of nitrogens with zero attached hydrogens (tertiary/aromatic N) is 3. The molecule has 0 saturated carbocycles. The Balaban J connectivity index is 1.38. The molecule has 1 atom stereocenters. The van der Waals surface area contributed by atoms with Crippen molar-refractivity contribution >= 4 is 5.91 Å². The van der Waals surface area contributed by atoms with E-state index in [4.69, 9.17) is 4.42 Å². The minimum atomic E-state index is -0.222. The summed E-state index contributed by atoms with van der Waals surface area (Å²) < 4.78 is 20.3. The molecule has 3 aromatic rings. The summed E-state index contributed by atoms with van der Waals surface area (Å²) in [6, 6.07) is 12.1. The lowest BCUT2D eigenvalue weighted by molar-refractivity contribution is 0.0919. The van der Waals surface area contributed by atoms with Crippen LogP contribution in [0.2, 0.25) is 0 Å². The lowest BCUT2D eigenvalue weighted by atomic mass is 10.1. The normalized spacial score (nSPS) is 16.9. The monoisotopic (exact) mass is 368 g/mol. The van der Waals surface area contributed by atoms with Crippen LogP contribution < -0.4 is 5.32 Å². The van der Waals surface area contributed by atoms with E-state index in [1.54, 1.807) is 12.1 Å². The maximum Gasteiger partial charge on any atom is 0.286 e. The third-order valence-electron chi connectivity index (χ3n) is 4.78. The molecule has 7 heteroatoms. The second-order valence-electron chi connectivity index (χ2n) is 6.74. The molecule has 1 aromatic carbocycles. The highest BCUT2D eigenvalue weighted by atomic mass is 19.1. The number of benzene rings is 1. The minimum Gasteiger partial charge on any atom is -0.459 e. The van der Waals surface area contributed by atoms with Crippen LogP contribution in [0.15, 0.2) is 59.3 Å². The molecule has 6 nitrogen and oxygen atoms in total. The van der Waals surface area contributed by atoms with E-state index in [2.05, 4.69) is 15.3 Å². The smallest absolute Gasteiger partial charge is 0.286 e. The third-order valence-corrected chi connectivity index (χ3v) is 4.78. The van der Waals surface area contributed by atoms with Crippen LogP contribution in [0.25, 0.3) is 0 Å². The predicted molar refractivity (Wildman–Crippen MR) is 97.4 cm³/mol. The van der Waals surface area contributed by atoms with Crippen molar-refractivity contribution in [2.45, 2.75) is 25.6 Å². The molecule has 0 fully saturated rings. The molecule has 1 aliphatic rings. The van der Waals surface area contributed by atoms with Crippen LogP contribution >= 0.6 is 0 Å². The average molecular weight is 368 g/mol. The average Bonchev–Trinajstić information content (AvgIpc) is 3.35. The Labute approximate surface area is 156 Å². The molecular formula is C20H21FN4O2. The van der Waals surface area contributed by atoms with Crippen molar-refractivity contribution in [1.82, 2.24) is 20.0 Å². The number of halogens is 1. The number of aromatic nitrogens is 2. The molecule has 1 aliphatic heterocycles. The van der Waals surface area contributed by atoms with Gasteiger partial charge < -0.3 is 9.73 Å². The van der Waals surface area contributed by atoms with Gasteiger partial charge in [-0.3, -0.25) is 14.4 Å². The Morgan fingerprint density at radius 3 is 2.89 bits per heavy atom. The van der Waals surface area contributed by atoms with Crippen molar-refractivity contribution < 1.29 is 13.6 Å². The van der Waals surface area contributed by atoms with E-state index in [1.165, 1.54) is 18.4 Å². The van der Waals surface area contributed by atoms with E-state index in [0.717, 1.165) is 37.3 Å². The van der Waals surface area contributed by atoms with Gasteiger partial charge in [-0.2, -0.15) is 5.10 Å². The predicted octanol–water partition coefficient (Wildman–Crippen LogP) is 2.99. The van der Waals surface area contributed by atoms with Gasteiger partial charge in [0.1, 0.15) is 5.82 Å². The molecule has 4 rings (SSSR count). The van der Waals surface area contributed by atoms with Crippen molar-refractivity contribution in [3.05, 3.63) is 77.8 Å². The maximum atomic E-state index is 13.1. The number of furan rings is 1. The molecule has 27 heavy (non-hydrogen) atoms. The molecule has 0 aliphatic carbocycles. The first-order valence-electron chi connectivity index (χ1n) is 9.00. The number of hydrogen-bond acceptors (Lipinski definition) is 4. The van der Waals surface area contributed by atoms with Gasteiger partial charge in [0, 0.05) is 32.4 Å². The Kier molecular flexibility index (Phi) is 5.02. The van der Waals surface area contributed by atoms with Gasteiger partial charge in [0.2, 0.25) is 0 Å². The van der Waals surface area contributed by atoms with E-state index in [-0.39, 0.29) is 17.8 Å². The third kappa shape index (κ3) is 4.09. The van der Waals surface area contributed by atoms with Crippen LogP contribution in [0.5, 0.6) is 0 Å². The van der Waals surface area contributed by atoms with Gasteiger partial charge in [-0.05, 0) is 42.3 Å². The summed E-state index contributed by atoms with van der Waals surface area (Å²) >= 11 is 0. The highest BCUT2D eigenvalue weighted by Gasteiger charge is 2.25. The van der Waals surface area contributed by atoms with Crippen molar-refractivity contribution in [3.63, 3.8) is 0 Å². The molecule has 140 valence electrons. The zero-order valence-electron chi connectivity index (χ0n) is 14.8. The van der Waals surface area contributed by atoms with E-state index in [1.807, 2.05) is 29.1 Å². The van der Waals surface area contributed by atoms with Gasteiger partial charge in [0.25, 0.3) is 5.91 Å². The molecule has 0 bridgehead atoms. The fraction of sp³-hybridized carbons (Fsp3) is 0.300. The van der Waals surface area contributed by atoms with Gasteiger partial charge in [-0.1, -0.05) is 12.1 Å². The largest absolute Gasteiger partial charge is 0.459 e. The molecule has 0 saturated heterocycles. The minimum absolute atomic E-state index is 0.168. The lowest BCUT2D eigenvalue weighted by Gasteiger charge is -2.34. The van der Waals surface area contributed by atoms with Crippen molar-refractivity contribution in [2.24, 2.45) is 0 Å². The number of carbonyl (C=O) groups excluding carboxylic acids is 1. The standard InChI is InChI=1S/C20H21FN4O2/c21-16-5-3-15(4-6-16)12-24-13-17(25-18(14-24)8-10-23-25)7-9-22-20(26)19-2-1-11-27-19/h1-6,8,10-11,17H,7,9,12-14H2,(H,22,26)/t17-/m0/s1. The second kappa shape index (κ2) is 7.75. The van der Waals surface area contributed by atoms with Gasteiger partial charge >= 0.3 is 0 Å². The molecule has 0 spiro atoms. The topological polar surface area (TPSA) is 63.3 Å². The zero-order chi connectivity index (χ0) is 18.6. The van der Waals surface area contributed by atoms with Crippen LogP contribution in [0, 0.1) is 5.82 Å². The van der Waals surface area contributed by atoms with E-state index < -0.39 is 0 Å². The molecule has 0 radical (unpaired) electrons. The summed E-state index contributed by atoms with van der Waals surface area (Å²) in [6.07, 6.45) is 4.06. The molecule has 3 heterocycles. The van der Waals surface area contributed by atoms with E-state index in [9.17, 15) is 9.18 Å². The Hall–Kier alpha value is -2.93. The Morgan fingerprint density at radius 2 is 2.11 bits per heavy atom. The maximum absolute atomic E-state index is 13.1. The quantitative estimate of drug-likeness (QED) is 0.727. The zero-order valence-corrected chi connectivity index (χ0v) is 14.8. The molecule has 2 aromatic heterocycles. The lowest BCUT2D eigenvalue weighted by Crippen LogP contribution is -2.38. The van der Waals surface area contributed by atoms with Crippen LogP contribution in [0.4, 0.5) is 4.39 Å².